The van der Waals surface area contributed by atoms with Crippen molar-refractivity contribution in [3.8, 4) is 0 Å². The lowest BCUT2D eigenvalue weighted by molar-refractivity contribution is -0.0265. The lowest BCUT2D eigenvalue weighted by Gasteiger charge is -2.32. The van der Waals surface area contributed by atoms with Gasteiger partial charge in [-0.25, -0.2) is 0 Å². The predicted octanol–water partition coefficient (Wildman–Crippen LogP) is 3.75. The number of benzene rings is 1. The van der Waals surface area contributed by atoms with Gasteiger partial charge in [0.25, 0.3) is 0 Å². The molecule has 2 aliphatic rings. The maximum absolute atomic E-state index is 6.18. The molecule has 0 bridgehead atoms. The Balaban J connectivity index is 1.54. The smallest absolute Gasteiger partial charge is 0.191 e. The van der Waals surface area contributed by atoms with Crippen molar-refractivity contribution in [2.45, 2.75) is 52.6 Å². The molecule has 2 saturated heterocycles. The van der Waals surface area contributed by atoms with E-state index in [0.717, 1.165) is 38.6 Å². The number of ether oxygens (including phenoxy) is 1. The summed E-state index contributed by atoms with van der Waals surface area (Å²) >= 11 is 0. The van der Waals surface area contributed by atoms with Crippen LogP contribution in [0.5, 0.6) is 0 Å². The van der Waals surface area contributed by atoms with Gasteiger partial charge in [-0.1, -0.05) is 36.8 Å². The summed E-state index contributed by atoms with van der Waals surface area (Å²) in [6.07, 6.45) is 5.02. The molecule has 0 spiro atoms. The number of hydrogen-bond acceptors (Lipinski definition) is 3. The number of nitrogens with one attached hydrogen (secondary N) is 2. The van der Waals surface area contributed by atoms with Crippen molar-refractivity contribution in [2.75, 3.05) is 45.9 Å². The van der Waals surface area contributed by atoms with Crippen molar-refractivity contribution in [3.63, 3.8) is 0 Å². The summed E-state index contributed by atoms with van der Waals surface area (Å²) in [5, 5.41) is 7.04. The molecule has 5 nitrogen and oxygen atoms in total. The van der Waals surface area contributed by atoms with Crippen LogP contribution in [-0.2, 0) is 4.74 Å². The van der Waals surface area contributed by atoms with Crippen LogP contribution in [0.3, 0.4) is 0 Å². The van der Waals surface area contributed by atoms with E-state index in [4.69, 9.17) is 9.73 Å². The van der Waals surface area contributed by atoms with Crippen LogP contribution in [-0.4, -0.2) is 56.7 Å². The molecule has 3 atom stereocenters. The first kappa shape index (κ1) is 22.1. The van der Waals surface area contributed by atoms with Gasteiger partial charge in [0.05, 0.1) is 6.10 Å². The highest BCUT2D eigenvalue weighted by Gasteiger charge is 2.27. The first-order chi connectivity index (χ1) is 14.2. The van der Waals surface area contributed by atoms with Crippen LogP contribution < -0.4 is 10.6 Å². The second-order valence-corrected chi connectivity index (χ2v) is 8.66. The van der Waals surface area contributed by atoms with E-state index in [2.05, 4.69) is 60.6 Å². The minimum Gasteiger partial charge on any atom is -0.373 e. The van der Waals surface area contributed by atoms with Crippen LogP contribution in [0.15, 0.2) is 29.3 Å². The zero-order chi connectivity index (χ0) is 20.5. The van der Waals surface area contributed by atoms with E-state index in [0.29, 0.717) is 11.8 Å². The molecule has 0 radical (unpaired) electrons. The van der Waals surface area contributed by atoms with E-state index in [1.54, 1.807) is 0 Å². The summed E-state index contributed by atoms with van der Waals surface area (Å²) in [6, 6.07) is 8.82. The molecule has 1 aromatic carbocycles. The standard InChI is InChI=1S/C24H40N4O/c1-4-13-28-14-12-20(18-28)16-26-24(25-5-2)27-17-22-7-6-15-29-23(22)21-10-8-19(3)9-11-21/h8-11,20,22-23H,4-7,12-18H2,1-3H3,(H2,25,26,27). The molecule has 0 aliphatic carbocycles. The van der Waals surface area contributed by atoms with Gasteiger partial charge in [-0.15, -0.1) is 0 Å². The number of hydrogen-bond donors (Lipinski definition) is 2. The van der Waals surface area contributed by atoms with E-state index in [1.165, 1.54) is 50.0 Å². The van der Waals surface area contributed by atoms with Gasteiger partial charge in [0.2, 0.25) is 0 Å². The van der Waals surface area contributed by atoms with Gasteiger partial charge in [-0.2, -0.15) is 0 Å². The predicted molar refractivity (Wildman–Crippen MR) is 121 cm³/mol. The van der Waals surface area contributed by atoms with Crippen LogP contribution in [0.2, 0.25) is 0 Å². The van der Waals surface area contributed by atoms with E-state index in [-0.39, 0.29) is 6.10 Å². The highest BCUT2D eigenvalue weighted by molar-refractivity contribution is 5.79. The fourth-order valence-electron chi connectivity index (χ4n) is 4.55. The molecule has 5 heteroatoms. The number of guanidine groups is 1. The van der Waals surface area contributed by atoms with Crippen molar-refractivity contribution in [3.05, 3.63) is 35.4 Å². The third kappa shape index (κ3) is 6.71. The zero-order valence-corrected chi connectivity index (χ0v) is 18.6. The third-order valence-electron chi connectivity index (χ3n) is 6.14. The summed E-state index contributed by atoms with van der Waals surface area (Å²) < 4.78 is 6.18. The van der Waals surface area contributed by atoms with Gasteiger partial charge in [-0.3, -0.25) is 4.99 Å². The highest BCUT2D eigenvalue weighted by Crippen LogP contribution is 2.33. The lowest BCUT2D eigenvalue weighted by Crippen LogP contribution is -2.42. The number of likely N-dealkylation sites (tertiary alicyclic amines) is 1. The second kappa shape index (κ2) is 11.6. The molecule has 0 amide bonds. The fourth-order valence-corrected chi connectivity index (χ4v) is 4.55. The Kier molecular flexibility index (Phi) is 8.81. The number of aryl methyl sites for hydroxylation is 1. The molecule has 2 fully saturated rings. The van der Waals surface area contributed by atoms with Gasteiger partial charge in [0, 0.05) is 38.7 Å². The Morgan fingerprint density at radius 2 is 2.00 bits per heavy atom. The Labute approximate surface area is 177 Å². The quantitative estimate of drug-likeness (QED) is 0.515. The lowest BCUT2D eigenvalue weighted by atomic mass is 9.89. The third-order valence-corrected chi connectivity index (χ3v) is 6.14. The first-order valence-electron chi connectivity index (χ1n) is 11.6. The summed E-state index contributed by atoms with van der Waals surface area (Å²) in [6.45, 7) is 13.7. The van der Waals surface area contributed by atoms with Crippen LogP contribution in [0.1, 0.15) is 56.8 Å². The van der Waals surface area contributed by atoms with E-state index in [1.807, 2.05) is 0 Å². The summed E-state index contributed by atoms with van der Waals surface area (Å²) in [5.74, 6) is 2.12. The minimum absolute atomic E-state index is 0.178. The molecule has 0 aromatic heterocycles. The maximum atomic E-state index is 6.18. The van der Waals surface area contributed by atoms with Crippen molar-refractivity contribution in [1.82, 2.24) is 15.5 Å². The molecule has 3 unspecified atom stereocenters. The van der Waals surface area contributed by atoms with Gasteiger partial charge in [0.15, 0.2) is 5.96 Å². The van der Waals surface area contributed by atoms with E-state index < -0.39 is 0 Å². The molecule has 3 rings (SSSR count). The van der Waals surface area contributed by atoms with Gasteiger partial charge in [-0.05, 0) is 64.1 Å². The van der Waals surface area contributed by atoms with Crippen molar-refractivity contribution < 1.29 is 4.74 Å². The topological polar surface area (TPSA) is 48.9 Å². The van der Waals surface area contributed by atoms with Gasteiger partial charge >= 0.3 is 0 Å². The Morgan fingerprint density at radius 1 is 1.17 bits per heavy atom. The second-order valence-electron chi connectivity index (χ2n) is 8.66. The highest BCUT2D eigenvalue weighted by atomic mass is 16.5. The molecule has 0 saturated carbocycles. The largest absolute Gasteiger partial charge is 0.373 e. The van der Waals surface area contributed by atoms with E-state index in [9.17, 15) is 0 Å². The maximum Gasteiger partial charge on any atom is 0.191 e. The van der Waals surface area contributed by atoms with Crippen LogP contribution >= 0.6 is 0 Å². The van der Waals surface area contributed by atoms with Gasteiger partial charge < -0.3 is 20.3 Å². The van der Waals surface area contributed by atoms with Crippen molar-refractivity contribution in [1.29, 1.82) is 0 Å². The molecule has 2 N–H and O–H groups in total. The van der Waals surface area contributed by atoms with Crippen LogP contribution in [0.25, 0.3) is 0 Å². The summed E-state index contributed by atoms with van der Waals surface area (Å²) in [7, 11) is 0. The molecule has 2 aliphatic heterocycles. The molecule has 29 heavy (non-hydrogen) atoms. The number of rotatable bonds is 8. The number of nitrogens with zero attached hydrogens (tertiary/aromatic N) is 2. The van der Waals surface area contributed by atoms with Crippen LogP contribution in [0, 0.1) is 18.8 Å². The fraction of sp³-hybridized carbons (Fsp3) is 0.708. The summed E-state index contributed by atoms with van der Waals surface area (Å²) in [5.41, 5.74) is 2.59. The SMILES string of the molecule is CCCN1CCC(CN=C(NCC)NCC2CCCOC2c2ccc(C)cc2)C1. The molecule has 1 aromatic rings. The Morgan fingerprint density at radius 3 is 2.76 bits per heavy atom. The van der Waals surface area contributed by atoms with Crippen molar-refractivity contribution >= 4 is 5.96 Å². The normalized spacial score (nSPS) is 25.9. The Bertz CT molecular complexity index is 630. The number of aliphatic imine (C=N–C) groups is 1. The van der Waals surface area contributed by atoms with Crippen molar-refractivity contribution in [2.24, 2.45) is 16.8 Å². The average molecular weight is 401 g/mol. The monoisotopic (exact) mass is 400 g/mol. The summed E-state index contributed by atoms with van der Waals surface area (Å²) in [4.78, 5) is 7.49. The van der Waals surface area contributed by atoms with Crippen LogP contribution in [0.4, 0.5) is 0 Å². The Hall–Kier alpha value is -1.59. The average Bonchev–Trinajstić information content (AvgIpc) is 3.19. The molecular weight excluding hydrogens is 360 g/mol. The van der Waals surface area contributed by atoms with Gasteiger partial charge in [0.1, 0.15) is 0 Å². The molecular formula is C24H40N4O. The van der Waals surface area contributed by atoms with E-state index >= 15 is 0 Å². The minimum atomic E-state index is 0.178. The zero-order valence-electron chi connectivity index (χ0n) is 18.6. The molecule has 162 valence electrons. The molecule has 2 heterocycles. The first-order valence-corrected chi connectivity index (χ1v) is 11.6.